The molecule has 0 saturated carbocycles. The van der Waals surface area contributed by atoms with Crippen LogP contribution in [0.25, 0.3) is 0 Å². The molecule has 1 aromatic rings. The monoisotopic (exact) mass is 239 g/mol. The molecule has 4 heteroatoms. The maximum atomic E-state index is 4.28. The van der Waals surface area contributed by atoms with Crippen LogP contribution in [0.3, 0.4) is 0 Å². The Morgan fingerprint density at radius 3 is 2.88 bits per heavy atom. The Morgan fingerprint density at radius 2 is 2.25 bits per heavy atom. The highest BCUT2D eigenvalue weighted by atomic mass is 32.1. The van der Waals surface area contributed by atoms with Crippen molar-refractivity contribution in [1.82, 2.24) is 15.2 Å². The van der Waals surface area contributed by atoms with Crippen molar-refractivity contribution in [3.8, 4) is 0 Å². The third kappa shape index (κ3) is 3.27. The number of nitrogens with zero attached hydrogens (tertiary/aromatic N) is 2. The molecule has 1 aromatic heterocycles. The predicted octanol–water partition coefficient (Wildman–Crippen LogP) is 1.96. The first-order valence-electron chi connectivity index (χ1n) is 5.94. The van der Waals surface area contributed by atoms with Crippen LogP contribution in [0.15, 0.2) is 10.9 Å². The van der Waals surface area contributed by atoms with E-state index in [1.54, 1.807) is 11.3 Å². The van der Waals surface area contributed by atoms with E-state index in [4.69, 9.17) is 0 Å². The van der Waals surface area contributed by atoms with Crippen LogP contribution in [0.4, 0.5) is 0 Å². The molecule has 2 rings (SSSR count). The Labute approximate surface area is 102 Å². The topological polar surface area (TPSA) is 28.2 Å². The van der Waals surface area contributed by atoms with Crippen molar-refractivity contribution in [2.45, 2.75) is 26.3 Å². The molecule has 16 heavy (non-hydrogen) atoms. The fourth-order valence-corrected chi connectivity index (χ4v) is 2.71. The molecule has 3 nitrogen and oxygen atoms in total. The zero-order valence-corrected chi connectivity index (χ0v) is 11.0. The molecule has 0 aromatic carbocycles. The number of rotatable bonds is 4. The predicted molar refractivity (Wildman–Crippen MR) is 68.7 cm³/mol. The molecule has 0 aliphatic carbocycles. The molecular formula is C12H21N3S. The Morgan fingerprint density at radius 1 is 1.50 bits per heavy atom. The summed E-state index contributed by atoms with van der Waals surface area (Å²) in [6.07, 6.45) is 2.60. The summed E-state index contributed by atoms with van der Waals surface area (Å²) in [4.78, 5) is 6.70. The minimum absolute atomic E-state index is 0.475. The van der Waals surface area contributed by atoms with E-state index in [-0.39, 0.29) is 0 Å². The van der Waals surface area contributed by atoms with Gasteiger partial charge in [0.15, 0.2) is 0 Å². The van der Waals surface area contributed by atoms with Crippen molar-refractivity contribution < 1.29 is 0 Å². The van der Waals surface area contributed by atoms with Gasteiger partial charge in [0.2, 0.25) is 0 Å². The first-order chi connectivity index (χ1) is 7.68. The minimum Gasteiger partial charge on any atom is -0.311 e. The van der Waals surface area contributed by atoms with Gasteiger partial charge in [-0.15, -0.1) is 11.3 Å². The highest BCUT2D eigenvalue weighted by molar-refractivity contribution is 7.07. The Hall–Kier alpha value is -0.450. The molecule has 1 saturated heterocycles. The molecule has 1 N–H and O–H groups in total. The molecule has 0 amide bonds. The van der Waals surface area contributed by atoms with Gasteiger partial charge in [0, 0.05) is 18.5 Å². The number of hydrogen-bond acceptors (Lipinski definition) is 4. The second kappa shape index (κ2) is 5.25. The van der Waals surface area contributed by atoms with Gasteiger partial charge in [-0.25, -0.2) is 4.98 Å². The first-order valence-corrected chi connectivity index (χ1v) is 6.89. The van der Waals surface area contributed by atoms with Crippen LogP contribution in [0, 0.1) is 5.41 Å². The van der Waals surface area contributed by atoms with E-state index < -0.39 is 0 Å². The van der Waals surface area contributed by atoms with Gasteiger partial charge in [-0.2, -0.15) is 0 Å². The van der Waals surface area contributed by atoms with E-state index >= 15 is 0 Å². The van der Waals surface area contributed by atoms with Crippen LogP contribution in [0.5, 0.6) is 0 Å². The van der Waals surface area contributed by atoms with Crippen molar-refractivity contribution in [3.05, 3.63) is 16.6 Å². The van der Waals surface area contributed by atoms with E-state index in [1.807, 2.05) is 5.51 Å². The van der Waals surface area contributed by atoms with Crippen molar-refractivity contribution in [2.75, 3.05) is 26.7 Å². The Kier molecular flexibility index (Phi) is 3.95. The second-order valence-corrected chi connectivity index (χ2v) is 5.92. The third-order valence-corrected chi connectivity index (χ3v) is 4.17. The van der Waals surface area contributed by atoms with E-state index in [0.717, 1.165) is 13.1 Å². The van der Waals surface area contributed by atoms with Crippen LogP contribution in [0.1, 0.15) is 25.5 Å². The highest BCUT2D eigenvalue weighted by Crippen LogP contribution is 2.29. The van der Waals surface area contributed by atoms with Crippen molar-refractivity contribution >= 4 is 11.3 Å². The summed E-state index contributed by atoms with van der Waals surface area (Å²) in [7, 11) is 2.21. The first kappa shape index (κ1) is 12.0. The lowest BCUT2D eigenvalue weighted by atomic mass is 9.80. The number of thiazole rings is 1. The van der Waals surface area contributed by atoms with Gasteiger partial charge in [0.25, 0.3) is 0 Å². The molecule has 90 valence electrons. The molecule has 1 aliphatic heterocycles. The third-order valence-electron chi connectivity index (χ3n) is 3.54. The van der Waals surface area contributed by atoms with E-state index in [9.17, 15) is 0 Å². The van der Waals surface area contributed by atoms with Crippen LogP contribution >= 0.6 is 11.3 Å². The SMILES string of the molecule is CN1CCC(C)(CNCc2cscn2)CC1. The largest absolute Gasteiger partial charge is 0.311 e. The molecular weight excluding hydrogens is 218 g/mol. The lowest BCUT2D eigenvalue weighted by molar-refractivity contribution is 0.136. The lowest BCUT2D eigenvalue weighted by Crippen LogP contribution is -2.41. The van der Waals surface area contributed by atoms with Gasteiger partial charge >= 0.3 is 0 Å². The maximum Gasteiger partial charge on any atom is 0.0795 e. The van der Waals surface area contributed by atoms with Gasteiger partial charge in [0.05, 0.1) is 11.2 Å². The van der Waals surface area contributed by atoms with Crippen LogP contribution in [0.2, 0.25) is 0 Å². The number of piperidine rings is 1. The maximum absolute atomic E-state index is 4.28. The zero-order valence-electron chi connectivity index (χ0n) is 10.2. The van der Waals surface area contributed by atoms with Gasteiger partial charge in [0.1, 0.15) is 0 Å². The standard InChI is InChI=1S/C12H21N3S/c1-12(3-5-15(2)6-4-12)9-13-7-11-8-16-10-14-11/h8,10,13H,3-7,9H2,1-2H3. The Balaban J connectivity index is 1.73. The van der Waals surface area contributed by atoms with Crippen molar-refractivity contribution in [2.24, 2.45) is 5.41 Å². The smallest absolute Gasteiger partial charge is 0.0795 e. The molecule has 0 spiro atoms. The summed E-state index contributed by atoms with van der Waals surface area (Å²) in [6, 6.07) is 0. The second-order valence-electron chi connectivity index (χ2n) is 5.20. The average molecular weight is 239 g/mol. The summed E-state index contributed by atoms with van der Waals surface area (Å²) < 4.78 is 0. The van der Waals surface area contributed by atoms with Crippen LogP contribution in [-0.2, 0) is 6.54 Å². The zero-order chi connectivity index (χ0) is 11.4. The summed E-state index contributed by atoms with van der Waals surface area (Å²) in [5.74, 6) is 0. The average Bonchev–Trinajstić information content (AvgIpc) is 2.76. The van der Waals surface area contributed by atoms with Crippen LogP contribution in [-0.4, -0.2) is 36.6 Å². The molecule has 2 heterocycles. The van der Waals surface area contributed by atoms with E-state index in [1.165, 1.54) is 31.6 Å². The van der Waals surface area contributed by atoms with Gasteiger partial charge in [-0.1, -0.05) is 6.92 Å². The minimum atomic E-state index is 0.475. The summed E-state index contributed by atoms with van der Waals surface area (Å²) in [5, 5.41) is 5.65. The van der Waals surface area contributed by atoms with E-state index in [0.29, 0.717) is 5.41 Å². The molecule has 0 unspecified atom stereocenters. The number of hydrogen-bond donors (Lipinski definition) is 1. The lowest BCUT2D eigenvalue weighted by Gasteiger charge is -2.38. The molecule has 1 fully saturated rings. The number of aromatic nitrogens is 1. The van der Waals surface area contributed by atoms with Crippen molar-refractivity contribution in [1.29, 1.82) is 0 Å². The summed E-state index contributed by atoms with van der Waals surface area (Å²) in [5.41, 5.74) is 3.54. The van der Waals surface area contributed by atoms with E-state index in [2.05, 4.69) is 34.6 Å². The summed E-state index contributed by atoms with van der Waals surface area (Å²) in [6.45, 7) is 6.88. The molecule has 0 atom stereocenters. The van der Waals surface area contributed by atoms with Crippen LogP contribution < -0.4 is 5.32 Å². The molecule has 1 aliphatic rings. The van der Waals surface area contributed by atoms with Gasteiger partial charge in [-0.3, -0.25) is 0 Å². The Bertz CT molecular complexity index is 302. The number of likely N-dealkylation sites (tertiary alicyclic amines) is 1. The highest BCUT2D eigenvalue weighted by Gasteiger charge is 2.28. The summed E-state index contributed by atoms with van der Waals surface area (Å²) >= 11 is 1.67. The fraction of sp³-hybridized carbons (Fsp3) is 0.750. The normalized spacial score (nSPS) is 21.1. The molecule has 0 radical (unpaired) electrons. The number of nitrogens with one attached hydrogen (secondary N) is 1. The quantitative estimate of drug-likeness (QED) is 0.870. The van der Waals surface area contributed by atoms with Gasteiger partial charge < -0.3 is 10.2 Å². The van der Waals surface area contributed by atoms with Gasteiger partial charge in [-0.05, 0) is 38.4 Å². The fourth-order valence-electron chi connectivity index (χ4n) is 2.15. The molecule has 0 bridgehead atoms. The van der Waals surface area contributed by atoms with Crippen molar-refractivity contribution in [3.63, 3.8) is 0 Å².